The molecule has 1 N–H and O–H groups in total. The Morgan fingerprint density at radius 3 is 1.77 bits per heavy atom. The van der Waals surface area contributed by atoms with Crippen LogP contribution in [-0.4, -0.2) is 35.9 Å². The highest BCUT2D eigenvalue weighted by molar-refractivity contribution is 7.67. The molecule has 0 aliphatic carbocycles. The van der Waals surface area contributed by atoms with Crippen molar-refractivity contribution in [2.75, 3.05) is 6.61 Å². The van der Waals surface area contributed by atoms with E-state index in [1.807, 2.05) is 110 Å². The van der Waals surface area contributed by atoms with Gasteiger partial charge in [-0.25, -0.2) is 0 Å². The number of aliphatic hydroxyl groups is 1. The Morgan fingerprint density at radius 2 is 1.23 bits per heavy atom. The minimum absolute atomic E-state index is 0.113. The lowest BCUT2D eigenvalue weighted by Gasteiger charge is -2.44. The molecule has 0 amide bonds. The summed E-state index contributed by atoms with van der Waals surface area (Å²) in [5, 5.41) is 12.1. The van der Waals surface area contributed by atoms with Crippen molar-refractivity contribution in [2.45, 2.75) is 50.9 Å². The van der Waals surface area contributed by atoms with E-state index in [1.54, 1.807) is 12.1 Å². The average molecular weight is 559 g/mol. The van der Waals surface area contributed by atoms with Crippen molar-refractivity contribution in [2.24, 2.45) is 0 Å². The van der Waals surface area contributed by atoms with Gasteiger partial charge in [-0.15, -0.1) is 0 Å². The summed E-state index contributed by atoms with van der Waals surface area (Å²) in [4.78, 5) is 0. The number of ether oxygens (including phenoxy) is 3. The number of hydrogen-bond donors (Lipinski definition) is 1. The molecule has 0 bridgehead atoms. The van der Waals surface area contributed by atoms with Gasteiger partial charge in [0.05, 0.1) is 26.4 Å². The van der Waals surface area contributed by atoms with Crippen LogP contribution in [0.3, 0.4) is 0 Å². The van der Waals surface area contributed by atoms with Crippen molar-refractivity contribution in [3.8, 4) is 0 Å². The summed E-state index contributed by atoms with van der Waals surface area (Å²) < 4.78 is 39.7. The Hall–Kier alpha value is -3.09. The molecular formula is C33H35O6P. The lowest BCUT2D eigenvalue weighted by molar-refractivity contribution is -0.174. The minimum Gasteiger partial charge on any atom is -0.380 e. The van der Waals surface area contributed by atoms with Crippen LogP contribution in [0.4, 0.5) is 0 Å². The summed E-state index contributed by atoms with van der Waals surface area (Å²) in [7, 11) is -3.79. The van der Waals surface area contributed by atoms with E-state index >= 15 is 0 Å². The van der Waals surface area contributed by atoms with Crippen LogP contribution in [0.25, 0.3) is 0 Å². The molecule has 0 saturated carbocycles. The van der Waals surface area contributed by atoms with Crippen molar-refractivity contribution >= 4 is 12.7 Å². The molecule has 5 rings (SSSR count). The van der Waals surface area contributed by atoms with Gasteiger partial charge < -0.3 is 23.8 Å². The molecule has 4 aromatic rings. The monoisotopic (exact) mass is 558 g/mol. The molecule has 1 fully saturated rings. The fourth-order valence-electron chi connectivity index (χ4n) is 4.84. The van der Waals surface area contributed by atoms with Crippen LogP contribution >= 0.6 is 7.37 Å². The summed E-state index contributed by atoms with van der Waals surface area (Å²) in [5.74, 6) is -1.43. The number of benzene rings is 4. The van der Waals surface area contributed by atoms with E-state index in [2.05, 4.69) is 0 Å². The van der Waals surface area contributed by atoms with Gasteiger partial charge in [0.25, 0.3) is 7.37 Å². The molecule has 0 unspecified atom stereocenters. The maximum atomic E-state index is 14.5. The van der Waals surface area contributed by atoms with Gasteiger partial charge in [0.2, 0.25) is 0 Å². The Bertz CT molecular complexity index is 1380. The van der Waals surface area contributed by atoms with E-state index < -0.39 is 31.5 Å². The Balaban J connectivity index is 1.45. The van der Waals surface area contributed by atoms with Gasteiger partial charge in [-0.1, -0.05) is 109 Å². The van der Waals surface area contributed by atoms with Crippen molar-refractivity contribution in [1.29, 1.82) is 0 Å². The molecule has 0 aromatic heterocycles. The lowest BCUT2D eigenvalue weighted by atomic mass is 10.1. The molecule has 7 heteroatoms. The third kappa shape index (κ3) is 6.97. The third-order valence-electron chi connectivity index (χ3n) is 6.95. The van der Waals surface area contributed by atoms with E-state index in [1.165, 1.54) is 0 Å². The zero-order valence-corrected chi connectivity index (χ0v) is 23.4. The first-order valence-corrected chi connectivity index (χ1v) is 15.2. The van der Waals surface area contributed by atoms with Crippen molar-refractivity contribution in [1.82, 2.24) is 0 Å². The first kappa shape index (κ1) is 28.4. The highest BCUT2D eigenvalue weighted by atomic mass is 31.2. The van der Waals surface area contributed by atoms with Crippen LogP contribution in [0, 0.1) is 6.92 Å². The highest BCUT2D eigenvalue weighted by Gasteiger charge is 2.54. The van der Waals surface area contributed by atoms with Gasteiger partial charge in [0.1, 0.15) is 18.3 Å². The van der Waals surface area contributed by atoms with Gasteiger partial charge in [-0.2, -0.15) is 0 Å². The average Bonchev–Trinajstić information content (AvgIpc) is 2.99. The minimum atomic E-state index is -3.79. The number of aliphatic hydroxyl groups excluding tert-OH is 1. The molecule has 1 aliphatic rings. The summed E-state index contributed by atoms with van der Waals surface area (Å²) in [6.45, 7) is 2.89. The maximum Gasteiger partial charge on any atom is 0.262 e. The van der Waals surface area contributed by atoms with E-state index in [4.69, 9.17) is 18.7 Å². The Kier molecular flexibility index (Phi) is 9.61. The second kappa shape index (κ2) is 13.5. The smallest absolute Gasteiger partial charge is 0.262 e. The van der Waals surface area contributed by atoms with Crippen LogP contribution in [0.5, 0.6) is 0 Å². The number of rotatable bonds is 11. The van der Waals surface area contributed by atoms with Crippen molar-refractivity contribution < 1.29 is 28.4 Å². The molecule has 0 radical (unpaired) electrons. The Morgan fingerprint density at radius 1 is 0.700 bits per heavy atom. The van der Waals surface area contributed by atoms with Gasteiger partial charge in [0.15, 0.2) is 5.85 Å². The van der Waals surface area contributed by atoms with Gasteiger partial charge >= 0.3 is 0 Å². The van der Waals surface area contributed by atoms with E-state index in [-0.39, 0.29) is 19.8 Å². The highest BCUT2D eigenvalue weighted by Crippen LogP contribution is 2.57. The molecule has 1 aliphatic heterocycles. The lowest BCUT2D eigenvalue weighted by Crippen LogP contribution is -2.55. The Labute approximate surface area is 236 Å². The van der Waals surface area contributed by atoms with Crippen LogP contribution in [-0.2, 0) is 43.1 Å². The SMILES string of the molecule is Cc1cccc([P@]2(=O)O[C@H](COCc3ccccc3)[C@@H](OCc3ccccc3)[C@H](OCc3ccccc3)[C@H]2O)c1. The normalized spacial score (nSPS) is 24.6. The predicted octanol–water partition coefficient (Wildman–Crippen LogP) is 6.00. The first-order valence-electron chi connectivity index (χ1n) is 13.5. The predicted molar refractivity (Wildman–Crippen MR) is 155 cm³/mol. The second-order valence-corrected chi connectivity index (χ2v) is 12.5. The third-order valence-corrected chi connectivity index (χ3v) is 9.52. The maximum absolute atomic E-state index is 14.5. The molecule has 6 nitrogen and oxygen atoms in total. The zero-order valence-electron chi connectivity index (χ0n) is 22.5. The van der Waals surface area contributed by atoms with E-state index in [0.29, 0.717) is 11.9 Å². The molecule has 40 heavy (non-hydrogen) atoms. The zero-order chi connectivity index (χ0) is 27.8. The van der Waals surface area contributed by atoms with Crippen LogP contribution in [0.1, 0.15) is 22.3 Å². The van der Waals surface area contributed by atoms with Gasteiger partial charge in [-0.05, 0) is 35.7 Å². The topological polar surface area (TPSA) is 74.2 Å². The van der Waals surface area contributed by atoms with Crippen LogP contribution in [0.2, 0.25) is 0 Å². The van der Waals surface area contributed by atoms with Crippen molar-refractivity contribution in [3.05, 3.63) is 138 Å². The van der Waals surface area contributed by atoms with Gasteiger partial charge in [-0.3, -0.25) is 4.57 Å². The standard InChI is InChI=1S/C33H35O6P/c1-25-12-11-19-29(20-25)40(35)33(34)32(38-23-28-17-9-4-10-18-28)31(37-22-27-15-7-3-8-16-27)30(39-40)24-36-21-26-13-5-2-6-14-26/h2-20,30-34H,21-24H2,1H3/t30-,31-,32+,33+,40+/m1/s1. The van der Waals surface area contributed by atoms with Crippen molar-refractivity contribution in [3.63, 3.8) is 0 Å². The van der Waals surface area contributed by atoms with Crippen LogP contribution in [0.15, 0.2) is 115 Å². The first-order chi connectivity index (χ1) is 19.5. The second-order valence-electron chi connectivity index (χ2n) is 10.0. The summed E-state index contributed by atoms with van der Waals surface area (Å²) in [6, 6.07) is 36.6. The fourth-order valence-corrected chi connectivity index (χ4v) is 7.30. The molecule has 5 atom stereocenters. The fraction of sp³-hybridized carbons (Fsp3) is 0.273. The summed E-state index contributed by atoms with van der Waals surface area (Å²) in [5.41, 5.74) is 3.84. The molecule has 208 valence electrons. The largest absolute Gasteiger partial charge is 0.380 e. The molecular weight excluding hydrogens is 523 g/mol. The van der Waals surface area contributed by atoms with E-state index in [9.17, 15) is 9.67 Å². The van der Waals surface area contributed by atoms with E-state index in [0.717, 1.165) is 22.3 Å². The molecule has 1 saturated heterocycles. The molecule has 0 spiro atoms. The van der Waals surface area contributed by atoms with Gasteiger partial charge in [0, 0.05) is 5.30 Å². The summed E-state index contributed by atoms with van der Waals surface area (Å²) in [6.07, 6.45) is -2.40. The quantitative estimate of drug-likeness (QED) is 0.228. The summed E-state index contributed by atoms with van der Waals surface area (Å²) >= 11 is 0. The molecule has 1 heterocycles. The van der Waals surface area contributed by atoms with Crippen LogP contribution < -0.4 is 5.30 Å². The number of aryl methyl sites for hydroxylation is 1. The molecule has 4 aromatic carbocycles. The number of hydrogen-bond acceptors (Lipinski definition) is 6.